The molecule has 2 fully saturated rings. The standard InChI is InChI=1S/C25H31N3O4S/c29-25(26-23-9-5-7-19-6-1-2-8-21(19)23)22-18-20(10-11-24(22)27-12-3-4-13-27)33(30,31)28-14-16-32-17-15-28/h1-2,6,8,10-11,18,23H,3-5,7,9,12-17H2,(H,26,29)/t23-/m0/s1. The molecule has 1 amide bonds. The van der Waals surface area contributed by atoms with Gasteiger partial charge in [-0.25, -0.2) is 8.42 Å². The first-order valence-electron chi connectivity index (χ1n) is 11.9. The number of nitrogens with one attached hydrogen (secondary N) is 1. The molecule has 5 rings (SSSR count). The van der Waals surface area contributed by atoms with E-state index in [1.54, 1.807) is 12.1 Å². The van der Waals surface area contributed by atoms with Crippen LogP contribution in [-0.2, 0) is 21.2 Å². The number of amides is 1. The van der Waals surface area contributed by atoms with Gasteiger partial charge in [-0.1, -0.05) is 24.3 Å². The largest absolute Gasteiger partial charge is 0.379 e. The monoisotopic (exact) mass is 469 g/mol. The zero-order valence-corrected chi connectivity index (χ0v) is 19.6. The van der Waals surface area contributed by atoms with E-state index in [1.807, 2.05) is 18.2 Å². The van der Waals surface area contributed by atoms with Crippen LogP contribution in [0.3, 0.4) is 0 Å². The summed E-state index contributed by atoms with van der Waals surface area (Å²) in [5.74, 6) is -0.211. The molecule has 3 aliphatic rings. The van der Waals surface area contributed by atoms with Gasteiger partial charge in [0.05, 0.1) is 29.7 Å². The molecule has 0 unspecified atom stereocenters. The number of benzene rings is 2. The van der Waals surface area contributed by atoms with Crippen molar-refractivity contribution in [3.63, 3.8) is 0 Å². The van der Waals surface area contributed by atoms with E-state index in [4.69, 9.17) is 4.74 Å². The molecule has 0 radical (unpaired) electrons. The van der Waals surface area contributed by atoms with E-state index in [0.29, 0.717) is 31.9 Å². The Morgan fingerprint density at radius 1 is 0.970 bits per heavy atom. The lowest BCUT2D eigenvalue weighted by Gasteiger charge is -2.29. The van der Waals surface area contributed by atoms with Crippen LogP contribution in [0.25, 0.3) is 0 Å². The molecule has 2 aromatic rings. The number of anilines is 1. The van der Waals surface area contributed by atoms with E-state index in [9.17, 15) is 13.2 Å². The summed E-state index contributed by atoms with van der Waals surface area (Å²) in [6.07, 6.45) is 5.07. The summed E-state index contributed by atoms with van der Waals surface area (Å²) in [6.45, 7) is 3.19. The lowest BCUT2D eigenvalue weighted by molar-refractivity contribution is 0.0730. The second-order valence-electron chi connectivity index (χ2n) is 9.01. The second-order valence-corrected chi connectivity index (χ2v) is 10.9. The van der Waals surface area contributed by atoms with Gasteiger partial charge in [0.15, 0.2) is 0 Å². The number of morpholine rings is 1. The van der Waals surface area contributed by atoms with Crippen molar-refractivity contribution in [2.24, 2.45) is 0 Å². The van der Waals surface area contributed by atoms with Crippen molar-refractivity contribution < 1.29 is 17.9 Å². The number of ether oxygens (including phenoxy) is 1. The van der Waals surface area contributed by atoms with Crippen molar-refractivity contribution in [3.8, 4) is 0 Å². The molecule has 2 heterocycles. The summed E-state index contributed by atoms with van der Waals surface area (Å²) >= 11 is 0. The van der Waals surface area contributed by atoms with E-state index in [0.717, 1.165) is 56.4 Å². The number of carbonyl (C=O) groups excluding carboxylic acids is 1. The molecule has 176 valence electrons. The fourth-order valence-electron chi connectivity index (χ4n) is 5.17. The van der Waals surface area contributed by atoms with Crippen LogP contribution in [0.2, 0.25) is 0 Å². The predicted molar refractivity (Wildman–Crippen MR) is 127 cm³/mol. The minimum atomic E-state index is -3.69. The highest BCUT2D eigenvalue weighted by Crippen LogP contribution is 2.32. The molecule has 2 saturated heterocycles. The minimum absolute atomic E-state index is 0.0617. The van der Waals surface area contributed by atoms with E-state index >= 15 is 0 Å². The van der Waals surface area contributed by atoms with Crippen LogP contribution in [0.4, 0.5) is 5.69 Å². The van der Waals surface area contributed by atoms with E-state index in [1.165, 1.54) is 9.87 Å². The van der Waals surface area contributed by atoms with Crippen LogP contribution in [0.15, 0.2) is 47.4 Å². The van der Waals surface area contributed by atoms with Crippen LogP contribution in [0.1, 0.15) is 53.2 Å². The quantitative estimate of drug-likeness (QED) is 0.728. The maximum atomic E-state index is 13.6. The Balaban J connectivity index is 1.48. The molecule has 0 aromatic heterocycles. The molecule has 0 bridgehead atoms. The van der Waals surface area contributed by atoms with Crippen molar-refractivity contribution in [2.75, 3.05) is 44.3 Å². The summed E-state index contributed by atoms with van der Waals surface area (Å²) in [6, 6.07) is 13.2. The van der Waals surface area contributed by atoms with Gasteiger partial charge >= 0.3 is 0 Å². The topological polar surface area (TPSA) is 79.0 Å². The van der Waals surface area contributed by atoms with Crippen molar-refractivity contribution in [3.05, 3.63) is 59.2 Å². The summed E-state index contributed by atoms with van der Waals surface area (Å²) < 4.78 is 33.3. The Hall–Kier alpha value is -2.42. The normalized spacial score (nSPS) is 21.6. The minimum Gasteiger partial charge on any atom is -0.379 e. The number of carbonyl (C=O) groups is 1. The van der Waals surface area contributed by atoms with Gasteiger partial charge in [-0.3, -0.25) is 4.79 Å². The molecule has 1 atom stereocenters. The van der Waals surface area contributed by atoms with Gasteiger partial charge < -0.3 is 15.0 Å². The third kappa shape index (κ3) is 4.52. The fourth-order valence-corrected chi connectivity index (χ4v) is 6.60. The van der Waals surface area contributed by atoms with Gasteiger partial charge in [-0.2, -0.15) is 4.31 Å². The SMILES string of the molecule is O=C(N[C@H]1CCCc2ccccc21)c1cc(S(=O)(=O)N2CCOCC2)ccc1N1CCCC1. The zero-order valence-electron chi connectivity index (χ0n) is 18.8. The van der Waals surface area contributed by atoms with Crippen molar-refractivity contribution in [1.82, 2.24) is 9.62 Å². The van der Waals surface area contributed by atoms with Crippen LogP contribution in [0.5, 0.6) is 0 Å². The van der Waals surface area contributed by atoms with Crippen LogP contribution >= 0.6 is 0 Å². The molecule has 2 aliphatic heterocycles. The van der Waals surface area contributed by atoms with Gasteiger partial charge in [-0.15, -0.1) is 0 Å². The highest BCUT2D eigenvalue weighted by Gasteiger charge is 2.30. The first-order valence-corrected chi connectivity index (χ1v) is 13.3. The van der Waals surface area contributed by atoms with E-state index in [-0.39, 0.29) is 16.8 Å². The smallest absolute Gasteiger partial charge is 0.253 e. The first-order chi connectivity index (χ1) is 16.0. The molecule has 1 N–H and O–H groups in total. The number of sulfonamides is 1. The maximum Gasteiger partial charge on any atom is 0.253 e. The lowest BCUT2D eigenvalue weighted by Crippen LogP contribution is -2.40. The van der Waals surface area contributed by atoms with Crippen LogP contribution in [0, 0.1) is 0 Å². The number of fused-ring (bicyclic) bond motifs is 1. The Morgan fingerprint density at radius 3 is 2.52 bits per heavy atom. The molecule has 1 aliphatic carbocycles. The highest BCUT2D eigenvalue weighted by atomic mass is 32.2. The molecular formula is C25H31N3O4S. The predicted octanol–water partition coefficient (Wildman–Crippen LogP) is 3.12. The van der Waals surface area contributed by atoms with Gasteiger partial charge in [0, 0.05) is 31.9 Å². The molecule has 0 saturated carbocycles. The molecule has 8 heteroatoms. The Bertz CT molecular complexity index is 1120. The summed E-state index contributed by atoms with van der Waals surface area (Å²) in [5.41, 5.74) is 3.69. The van der Waals surface area contributed by atoms with E-state index < -0.39 is 10.0 Å². The Morgan fingerprint density at radius 2 is 1.73 bits per heavy atom. The van der Waals surface area contributed by atoms with Gasteiger partial charge in [0.2, 0.25) is 10.0 Å². The van der Waals surface area contributed by atoms with Gasteiger partial charge in [0.25, 0.3) is 5.91 Å². The van der Waals surface area contributed by atoms with Crippen molar-refractivity contribution in [2.45, 2.75) is 43.0 Å². The molecule has 2 aromatic carbocycles. The molecule has 7 nitrogen and oxygen atoms in total. The van der Waals surface area contributed by atoms with Gasteiger partial charge in [0.1, 0.15) is 0 Å². The average Bonchev–Trinajstić information content (AvgIpc) is 3.39. The summed E-state index contributed by atoms with van der Waals surface area (Å²) in [5, 5.41) is 3.22. The number of hydrogen-bond acceptors (Lipinski definition) is 5. The van der Waals surface area contributed by atoms with E-state index in [2.05, 4.69) is 22.3 Å². The molecule has 0 spiro atoms. The number of rotatable bonds is 5. The Labute approximate surface area is 195 Å². The number of aryl methyl sites for hydroxylation is 1. The number of hydrogen-bond donors (Lipinski definition) is 1. The average molecular weight is 470 g/mol. The fraction of sp³-hybridized carbons (Fsp3) is 0.480. The third-order valence-electron chi connectivity index (χ3n) is 6.94. The van der Waals surface area contributed by atoms with Crippen LogP contribution < -0.4 is 10.2 Å². The summed E-state index contributed by atoms with van der Waals surface area (Å²) in [7, 11) is -3.69. The molecular weight excluding hydrogens is 438 g/mol. The summed E-state index contributed by atoms with van der Waals surface area (Å²) in [4.78, 5) is 15.9. The highest BCUT2D eigenvalue weighted by molar-refractivity contribution is 7.89. The Kier molecular flexibility index (Phi) is 6.40. The van der Waals surface area contributed by atoms with Crippen molar-refractivity contribution in [1.29, 1.82) is 0 Å². The zero-order chi connectivity index (χ0) is 22.8. The third-order valence-corrected chi connectivity index (χ3v) is 8.84. The van der Waals surface area contributed by atoms with Crippen molar-refractivity contribution >= 4 is 21.6 Å². The van der Waals surface area contributed by atoms with Crippen LogP contribution in [-0.4, -0.2) is 58.0 Å². The second kappa shape index (κ2) is 9.44. The first kappa shape index (κ1) is 22.4. The van der Waals surface area contributed by atoms with Gasteiger partial charge in [-0.05, 0) is 61.4 Å². The maximum absolute atomic E-state index is 13.6. The molecule has 33 heavy (non-hydrogen) atoms. The number of nitrogens with zero attached hydrogens (tertiary/aromatic N) is 2. The lowest BCUT2D eigenvalue weighted by atomic mass is 9.87.